The Morgan fingerprint density at radius 1 is 1.05 bits per heavy atom. The summed E-state index contributed by atoms with van der Waals surface area (Å²) in [4.78, 5) is 32.3. The molecule has 0 radical (unpaired) electrons. The van der Waals surface area contributed by atoms with Gasteiger partial charge in [-0.15, -0.1) is 0 Å². The summed E-state index contributed by atoms with van der Waals surface area (Å²) in [5.41, 5.74) is 2.22. The smallest absolute Gasteiger partial charge is 0.338 e. The van der Waals surface area contributed by atoms with Gasteiger partial charge in [0.2, 0.25) is 0 Å². The molecule has 7 nitrogen and oxygen atoms in total. The highest BCUT2D eigenvalue weighted by Gasteiger charge is 2.33. The van der Waals surface area contributed by atoms with Crippen molar-refractivity contribution in [3.63, 3.8) is 0 Å². The Morgan fingerprint density at radius 2 is 1.82 bits per heavy atom. The van der Waals surface area contributed by atoms with Gasteiger partial charge in [0, 0.05) is 5.56 Å². The van der Waals surface area contributed by atoms with E-state index < -0.39 is 12.0 Å². The van der Waals surface area contributed by atoms with E-state index in [9.17, 15) is 9.59 Å². The number of ether oxygens (including phenoxy) is 3. The fraction of sp³-hybridized carbons (Fsp3) is 0.233. The number of hydrogen-bond acceptors (Lipinski definition) is 7. The van der Waals surface area contributed by atoms with Crippen LogP contribution in [-0.4, -0.2) is 30.9 Å². The van der Waals surface area contributed by atoms with Crippen LogP contribution in [0.2, 0.25) is 0 Å². The van der Waals surface area contributed by atoms with E-state index in [4.69, 9.17) is 14.2 Å². The molecule has 1 aliphatic rings. The Morgan fingerprint density at radius 3 is 2.53 bits per heavy atom. The van der Waals surface area contributed by atoms with E-state index in [0.717, 1.165) is 21.9 Å². The van der Waals surface area contributed by atoms with Gasteiger partial charge in [0.15, 0.2) is 4.80 Å². The van der Waals surface area contributed by atoms with Crippen LogP contribution in [0.4, 0.5) is 0 Å². The summed E-state index contributed by atoms with van der Waals surface area (Å²) in [6.07, 6.45) is 1.87. The first-order chi connectivity index (χ1) is 18.5. The van der Waals surface area contributed by atoms with Gasteiger partial charge in [-0.2, -0.15) is 0 Å². The van der Waals surface area contributed by atoms with Crippen LogP contribution in [0.25, 0.3) is 16.8 Å². The molecule has 0 N–H and O–H groups in total. The van der Waals surface area contributed by atoms with Gasteiger partial charge in [-0.05, 0) is 61.4 Å². The number of carbonyl (C=O) groups is 1. The van der Waals surface area contributed by atoms with Crippen molar-refractivity contribution in [3.05, 3.63) is 103 Å². The van der Waals surface area contributed by atoms with Crippen LogP contribution < -0.4 is 24.4 Å². The van der Waals surface area contributed by atoms with Crippen molar-refractivity contribution in [2.75, 3.05) is 20.3 Å². The molecule has 5 rings (SSSR count). The minimum Gasteiger partial charge on any atom is -0.497 e. The minimum atomic E-state index is -0.683. The minimum absolute atomic E-state index is 0.219. The first kappa shape index (κ1) is 25.5. The Labute approximate surface area is 223 Å². The Balaban J connectivity index is 1.76. The molecule has 0 spiro atoms. The zero-order valence-electron chi connectivity index (χ0n) is 21.7. The number of benzene rings is 3. The van der Waals surface area contributed by atoms with Crippen molar-refractivity contribution in [1.82, 2.24) is 4.57 Å². The third kappa shape index (κ3) is 4.52. The summed E-state index contributed by atoms with van der Waals surface area (Å²) in [7, 11) is 1.59. The summed E-state index contributed by atoms with van der Waals surface area (Å²) >= 11 is 1.29. The van der Waals surface area contributed by atoms with Crippen LogP contribution in [0, 0.1) is 0 Å². The SMILES string of the molecule is CCOC(=O)C1=C(C)N=c2s/c(=C/c3c(OCC)ccc4ccccc34)c(=O)n2C1c1ccc(OC)cc1. The number of esters is 1. The monoisotopic (exact) mass is 528 g/mol. The summed E-state index contributed by atoms with van der Waals surface area (Å²) < 4.78 is 18.7. The van der Waals surface area contributed by atoms with Crippen LogP contribution in [0.3, 0.4) is 0 Å². The molecular formula is C30H28N2O5S. The highest BCUT2D eigenvalue weighted by molar-refractivity contribution is 7.07. The second-order valence-electron chi connectivity index (χ2n) is 8.71. The summed E-state index contributed by atoms with van der Waals surface area (Å²) in [6, 6.07) is 18.6. The Bertz CT molecular complexity index is 1730. The largest absolute Gasteiger partial charge is 0.497 e. The van der Waals surface area contributed by atoms with Crippen molar-refractivity contribution in [2.45, 2.75) is 26.8 Å². The number of fused-ring (bicyclic) bond motifs is 2. The topological polar surface area (TPSA) is 79.1 Å². The Hall–Kier alpha value is -4.17. The first-order valence-corrected chi connectivity index (χ1v) is 13.3. The molecule has 1 aromatic heterocycles. The van der Waals surface area contributed by atoms with Gasteiger partial charge in [0.05, 0.1) is 42.2 Å². The van der Waals surface area contributed by atoms with E-state index in [0.29, 0.717) is 38.7 Å². The van der Waals surface area contributed by atoms with Crippen LogP contribution in [-0.2, 0) is 9.53 Å². The maximum Gasteiger partial charge on any atom is 0.338 e. The lowest BCUT2D eigenvalue weighted by Crippen LogP contribution is -2.39. The Kier molecular flexibility index (Phi) is 7.15. The molecule has 38 heavy (non-hydrogen) atoms. The number of methoxy groups -OCH3 is 1. The molecule has 3 aromatic carbocycles. The van der Waals surface area contributed by atoms with Gasteiger partial charge in [-0.3, -0.25) is 9.36 Å². The van der Waals surface area contributed by atoms with E-state index in [1.165, 1.54) is 11.3 Å². The number of nitrogens with zero attached hydrogens (tertiary/aromatic N) is 2. The molecule has 8 heteroatoms. The molecule has 1 unspecified atom stereocenters. The van der Waals surface area contributed by atoms with Gasteiger partial charge in [-0.25, -0.2) is 9.79 Å². The van der Waals surface area contributed by atoms with Crippen LogP contribution in [0.1, 0.15) is 37.9 Å². The highest BCUT2D eigenvalue weighted by Crippen LogP contribution is 2.32. The molecular weight excluding hydrogens is 500 g/mol. The van der Waals surface area contributed by atoms with E-state index in [1.54, 1.807) is 25.5 Å². The average Bonchev–Trinajstić information content (AvgIpc) is 3.23. The fourth-order valence-corrected chi connectivity index (χ4v) is 5.76. The zero-order chi connectivity index (χ0) is 26.8. The number of aromatic nitrogens is 1. The molecule has 0 bridgehead atoms. The fourth-order valence-electron chi connectivity index (χ4n) is 4.73. The van der Waals surface area contributed by atoms with Crippen molar-refractivity contribution < 1.29 is 19.0 Å². The summed E-state index contributed by atoms with van der Waals surface area (Å²) in [5.74, 6) is 0.891. The van der Waals surface area contributed by atoms with Crippen LogP contribution >= 0.6 is 11.3 Å². The molecule has 0 saturated carbocycles. The van der Waals surface area contributed by atoms with E-state index in [1.807, 2.05) is 73.7 Å². The predicted molar refractivity (Wildman–Crippen MR) is 149 cm³/mol. The molecule has 4 aromatic rings. The van der Waals surface area contributed by atoms with Crippen molar-refractivity contribution >= 4 is 34.2 Å². The van der Waals surface area contributed by atoms with Gasteiger partial charge in [-0.1, -0.05) is 53.8 Å². The maximum absolute atomic E-state index is 14.0. The van der Waals surface area contributed by atoms with E-state index in [-0.39, 0.29) is 12.2 Å². The molecule has 0 fully saturated rings. The van der Waals surface area contributed by atoms with Gasteiger partial charge < -0.3 is 14.2 Å². The van der Waals surface area contributed by atoms with Crippen molar-refractivity contribution in [1.29, 1.82) is 0 Å². The number of hydrogen-bond donors (Lipinski definition) is 0. The number of thiazole rings is 1. The van der Waals surface area contributed by atoms with Gasteiger partial charge in [0.1, 0.15) is 11.5 Å². The van der Waals surface area contributed by atoms with Crippen molar-refractivity contribution in [3.8, 4) is 11.5 Å². The summed E-state index contributed by atoms with van der Waals surface area (Å²) in [5, 5.41) is 2.03. The quantitative estimate of drug-likeness (QED) is 0.333. The van der Waals surface area contributed by atoms with Crippen molar-refractivity contribution in [2.24, 2.45) is 4.99 Å². The molecule has 0 aliphatic carbocycles. The maximum atomic E-state index is 14.0. The lowest BCUT2D eigenvalue weighted by molar-refractivity contribution is -0.139. The van der Waals surface area contributed by atoms with Crippen LogP contribution in [0.5, 0.6) is 11.5 Å². The molecule has 1 aliphatic heterocycles. The molecule has 0 saturated heterocycles. The standard InChI is InChI=1S/C30H28N2O5S/c1-5-36-24-16-13-19-9-7-8-10-22(19)23(24)17-25-28(33)32-27(20-11-14-21(35-4)15-12-20)26(29(34)37-6-2)18(3)31-30(32)38-25/h7-17,27H,5-6H2,1-4H3/b25-17+. The average molecular weight is 529 g/mol. The molecule has 0 amide bonds. The number of allylic oxidation sites excluding steroid dienone is 1. The highest BCUT2D eigenvalue weighted by atomic mass is 32.1. The second kappa shape index (κ2) is 10.7. The first-order valence-electron chi connectivity index (χ1n) is 12.4. The molecule has 194 valence electrons. The zero-order valence-corrected chi connectivity index (χ0v) is 22.5. The third-order valence-electron chi connectivity index (χ3n) is 6.45. The lowest BCUT2D eigenvalue weighted by atomic mass is 9.96. The second-order valence-corrected chi connectivity index (χ2v) is 9.72. The number of carbonyl (C=O) groups excluding carboxylic acids is 1. The number of rotatable bonds is 7. The third-order valence-corrected chi connectivity index (χ3v) is 7.44. The van der Waals surface area contributed by atoms with Gasteiger partial charge in [0.25, 0.3) is 5.56 Å². The van der Waals surface area contributed by atoms with Crippen LogP contribution in [0.15, 0.2) is 81.7 Å². The molecule has 2 heterocycles. The van der Waals surface area contributed by atoms with Gasteiger partial charge >= 0.3 is 5.97 Å². The van der Waals surface area contributed by atoms with E-state index in [2.05, 4.69) is 4.99 Å². The normalized spacial score (nSPS) is 15.3. The lowest BCUT2D eigenvalue weighted by Gasteiger charge is -2.24. The van der Waals surface area contributed by atoms with E-state index >= 15 is 0 Å². The summed E-state index contributed by atoms with van der Waals surface area (Å²) in [6.45, 7) is 6.18. The molecule has 1 atom stereocenters. The predicted octanol–water partition coefficient (Wildman–Crippen LogP) is 4.36.